The molecule has 2 aromatic carbocycles. The minimum Gasteiger partial charge on any atom is -0.480 e. The molecular weight excluding hydrogens is 364 g/mol. The molecule has 0 aromatic heterocycles. The molecule has 1 atom stereocenters. The Balaban J connectivity index is 2.35. The minimum atomic E-state index is -3.97. The Hall–Kier alpha value is -2.12. The lowest BCUT2D eigenvalue weighted by Gasteiger charge is -2.18. The number of aliphatic carboxylic acids is 1. The molecule has 0 amide bonds. The first-order valence-electron chi connectivity index (χ1n) is 9.22. The zero-order valence-corrected chi connectivity index (χ0v) is 16.9. The molecule has 148 valence electrons. The summed E-state index contributed by atoms with van der Waals surface area (Å²) < 4.78 is 28.3. The summed E-state index contributed by atoms with van der Waals surface area (Å²) in [6.45, 7) is 2.07. The van der Waals surface area contributed by atoms with Gasteiger partial charge >= 0.3 is 5.97 Å². The van der Waals surface area contributed by atoms with Gasteiger partial charge in [-0.25, -0.2) is 8.42 Å². The normalized spacial score (nSPS) is 12.9. The number of hydrogen-bond donors (Lipinski definition) is 2. The molecule has 0 fully saturated rings. The smallest absolute Gasteiger partial charge is 0.321 e. The average molecular weight is 393 g/mol. The zero-order chi connectivity index (χ0) is 20.0. The summed E-state index contributed by atoms with van der Waals surface area (Å²) in [4.78, 5) is 13.6. The Bertz CT molecular complexity index is 894. The van der Waals surface area contributed by atoms with E-state index in [1.165, 1.54) is 6.07 Å². The second-order valence-electron chi connectivity index (χ2n) is 6.88. The predicted molar refractivity (Wildman–Crippen MR) is 109 cm³/mol. The fourth-order valence-electron chi connectivity index (χ4n) is 3.15. The predicted octanol–water partition coefficient (Wildman–Crippen LogP) is 3.61. The second kappa shape index (κ2) is 9.19. The maximum absolute atomic E-state index is 12.9. The van der Waals surface area contributed by atoms with Gasteiger partial charge in [-0.05, 0) is 18.6 Å². The number of carboxylic acids is 1. The number of carboxylic acid groups (broad SMARTS) is 1. The van der Waals surface area contributed by atoms with E-state index in [0.29, 0.717) is 11.8 Å². The maximum atomic E-state index is 12.9. The summed E-state index contributed by atoms with van der Waals surface area (Å²) in [5.74, 6) is -1.15. The molecule has 0 bridgehead atoms. The quantitative estimate of drug-likeness (QED) is 0.603. The van der Waals surface area contributed by atoms with Crippen molar-refractivity contribution in [3.05, 3.63) is 36.4 Å². The van der Waals surface area contributed by atoms with Gasteiger partial charge < -0.3 is 10.0 Å². The van der Waals surface area contributed by atoms with Gasteiger partial charge in [0.05, 0.1) is 4.90 Å². The fraction of sp³-hybridized carbons (Fsp3) is 0.450. The first kappa shape index (κ1) is 21.2. The average Bonchev–Trinajstić information content (AvgIpc) is 2.62. The first-order chi connectivity index (χ1) is 12.8. The van der Waals surface area contributed by atoms with E-state index in [9.17, 15) is 18.3 Å². The summed E-state index contributed by atoms with van der Waals surface area (Å²) in [5, 5.41) is 10.8. The van der Waals surface area contributed by atoms with Crippen LogP contribution in [0, 0.1) is 0 Å². The molecule has 2 N–H and O–H groups in total. The van der Waals surface area contributed by atoms with Crippen LogP contribution in [0.15, 0.2) is 41.3 Å². The highest BCUT2D eigenvalue weighted by molar-refractivity contribution is 7.89. The molecule has 27 heavy (non-hydrogen) atoms. The van der Waals surface area contributed by atoms with Gasteiger partial charge in [-0.2, -0.15) is 4.72 Å². The van der Waals surface area contributed by atoms with Crippen LogP contribution in [-0.2, 0) is 14.8 Å². The van der Waals surface area contributed by atoms with Gasteiger partial charge in [0.25, 0.3) is 0 Å². The highest BCUT2D eigenvalue weighted by atomic mass is 32.2. The van der Waals surface area contributed by atoms with Crippen LogP contribution in [0.4, 0.5) is 5.69 Å². The summed E-state index contributed by atoms with van der Waals surface area (Å²) in [6, 6.07) is 9.40. The van der Waals surface area contributed by atoms with Crippen LogP contribution in [-0.4, -0.2) is 39.6 Å². The Morgan fingerprint density at radius 3 is 2.37 bits per heavy atom. The number of rotatable bonds is 10. The van der Waals surface area contributed by atoms with Crippen LogP contribution >= 0.6 is 0 Å². The van der Waals surface area contributed by atoms with E-state index in [1.54, 1.807) is 18.2 Å². The highest BCUT2D eigenvalue weighted by Gasteiger charge is 2.26. The third-order valence-corrected chi connectivity index (χ3v) is 6.10. The SMILES string of the molecule is CCCCCC[C@H](NS(=O)(=O)c1cccc2c(N(C)C)cccc12)C(=O)O. The highest BCUT2D eigenvalue weighted by Crippen LogP contribution is 2.30. The topological polar surface area (TPSA) is 86.7 Å². The van der Waals surface area contributed by atoms with Crippen molar-refractivity contribution < 1.29 is 18.3 Å². The summed E-state index contributed by atoms with van der Waals surface area (Å²) >= 11 is 0. The number of anilines is 1. The van der Waals surface area contributed by atoms with Crippen molar-refractivity contribution in [1.29, 1.82) is 0 Å². The lowest BCUT2D eigenvalue weighted by Crippen LogP contribution is -2.40. The Labute approximate surface area is 161 Å². The first-order valence-corrected chi connectivity index (χ1v) is 10.7. The van der Waals surface area contributed by atoms with Crippen LogP contribution in [0.5, 0.6) is 0 Å². The van der Waals surface area contributed by atoms with Gasteiger partial charge in [0.2, 0.25) is 10.0 Å². The van der Waals surface area contributed by atoms with Gasteiger partial charge in [0.1, 0.15) is 6.04 Å². The number of hydrogen-bond acceptors (Lipinski definition) is 4. The van der Waals surface area contributed by atoms with Crippen LogP contribution < -0.4 is 9.62 Å². The van der Waals surface area contributed by atoms with Crippen molar-refractivity contribution >= 4 is 32.5 Å². The zero-order valence-electron chi connectivity index (χ0n) is 16.1. The molecule has 0 aliphatic heterocycles. The molecule has 0 unspecified atom stereocenters. The van der Waals surface area contributed by atoms with E-state index in [1.807, 2.05) is 31.1 Å². The third kappa shape index (κ3) is 5.20. The molecule has 2 rings (SSSR count). The van der Waals surface area contributed by atoms with E-state index in [-0.39, 0.29) is 11.3 Å². The van der Waals surface area contributed by atoms with Gasteiger partial charge in [-0.1, -0.05) is 56.9 Å². The van der Waals surface area contributed by atoms with Crippen molar-refractivity contribution in [2.45, 2.75) is 50.0 Å². The minimum absolute atomic E-state index is 0.100. The molecule has 0 spiro atoms. The van der Waals surface area contributed by atoms with Crippen molar-refractivity contribution in [2.24, 2.45) is 0 Å². The summed E-state index contributed by atoms with van der Waals surface area (Å²) in [6.07, 6.45) is 3.89. The Morgan fingerprint density at radius 2 is 1.74 bits per heavy atom. The van der Waals surface area contributed by atoms with Crippen molar-refractivity contribution in [3.8, 4) is 0 Å². The number of benzene rings is 2. The van der Waals surface area contributed by atoms with Crippen LogP contribution in [0.25, 0.3) is 10.8 Å². The molecule has 2 aromatic rings. The fourth-order valence-corrected chi connectivity index (χ4v) is 4.59. The molecule has 0 saturated carbocycles. The number of sulfonamides is 1. The molecule has 7 heteroatoms. The van der Waals surface area contributed by atoms with E-state index in [2.05, 4.69) is 11.6 Å². The number of unbranched alkanes of at least 4 members (excludes halogenated alkanes) is 3. The monoisotopic (exact) mass is 392 g/mol. The molecule has 0 radical (unpaired) electrons. The van der Waals surface area contributed by atoms with Crippen molar-refractivity contribution in [3.63, 3.8) is 0 Å². The van der Waals surface area contributed by atoms with Gasteiger partial charge in [-0.15, -0.1) is 0 Å². The lowest BCUT2D eigenvalue weighted by atomic mass is 10.1. The van der Waals surface area contributed by atoms with Crippen molar-refractivity contribution in [1.82, 2.24) is 4.72 Å². The Morgan fingerprint density at radius 1 is 1.07 bits per heavy atom. The van der Waals surface area contributed by atoms with Gasteiger partial charge in [-0.3, -0.25) is 4.79 Å². The number of fused-ring (bicyclic) bond motifs is 1. The van der Waals surface area contributed by atoms with E-state index < -0.39 is 22.0 Å². The van der Waals surface area contributed by atoms with E-state index in [4.69, 9.17) is 0 Å². The van der Waals surface area contributed by atoms with Crippen LogP contribution in [0.3, 0.4) is 0 Å². The Kier molecular flexibility index (Phi) is 7.21. The standard InChI is InChI=1S/C20H28N2O4S/c1-4-5-6-7-12-17(20(23)24)21-27(25,26)19-14-9-10-15-16(19)11-8-13-18(15)22(2)3/h8-11,13-14,17,21H,4-7,12H2,1-3H3,(H,23,24)/t17-/m0/s1. The summed E-state index contributed by atoms with van der Waals surface area (Å²) in [7, 11) is -0.178. The largest absolute Gasteiger partial charge is 0.480 e. The van der Waals surface area contributed by atoms with Gasteiger partial charge in [0.15, 0.2) is 0 Å². The maximum Gasteiger partial charge on any atom is 0.321 e. The lowest BCUT2D eigenvalue weighted by molar-refractivity contribution is -0.139. The third-order valence-electron chi connectivity index (χ3n) is 4.57. The van der Waals surface area contributed by atoms with E-state index in [0.717, 1.165) is 30.3 Å². The van der Waals surface area contributed by atoms with Crippen LogP contribution in [0.1, 0.15) is 39.0 Å². The van der Waals surface area contributed by atoms with Crippen molar-refractivity contribution in [2.75, 3.05) is 19.0 Å². The molecule has 6 nitrogen and oxygen atoms in total. The van der Waals surface area contributed by atoms with Gasteiger partial charge in [0, 0.05) is 30.6 Å². The molecule has 0 saturated heterocycles. The molecule has 0 aliphatic carbocycles. The molecule has 0 aliphatic rings. The summed E-state index contributed by atoms with van der Waals surface area (Å²) in [5.41, 5.74) is 0.902. The molecule has 0 heterocycles. The number of nitrogens with one attached hydrogen (secondary N) is 1. The van der Waals surface area contributed by atoms with Crippen LogP contribution in [0.2, 0.25) is 0 Å². The second-order valence-corrected chi connectivity index (χ2v) is 8.57. The number of nitrogens with zero attached hydrogens (tertiary/aromatic N) is 1. The number of carbonyl (C=O) groups is 1. The molecular formula is C20H28N2O4S. The van der Waals surface area contributed by atoms with E-state index >= 15 is 0 Å².